The first-order chi connectivity index (χ1) is 7.19. The Balaban J connectivity index is 2.82. The van der Waals surface area contributed by atoms with Crippen molar-refractivity contribution in [2.45, 2.75) is 6.92 Å². The van der Waals surface area contributed by atoms with Gasteiger partial charge in [0.05, 0.1) is 6.61 Å². The molecule has 1 aromatic carbocycles. The van der Waals surface area contributed by atoms with E-state index in [1.165, 1.54) is 5.37 Å². The van der Waals surface area contributed by atoms with Crippen LogP contribution in [0.2, 0.25) is 0 Å². The highest BCUT2D eigenvalue weighted by Crippen LogP contribution is 2.04. The topological polar surface area (TPSA) is 43.4 Å². The van der Waals surface area contributed by atoms with Crippen molar-refractivity contribution in [2.75, 3.05) is 6.61 Å². The first-order valence-corrected chi connectivity index (χ1v) is 4.93. The molecule has 0 aliphatic rings. The minimum atomic E-state index is -0.826. The number of hydrogen-bond acceptors (Lipinski definition) is 4. The molecule has 0 aliphatic carbocycles. The molecule has 0 aliphatic heterocycles. The summed E-state index contributed by atoms with van der Waals surface area (Å²) >= 11 is 4.72. The summed E-state index contributed by atoms with van der Waals surface area (Å²) in [6, 6.07) is 6.47. The smallest absolute Gasteiger partial charge is 0.379 e. The number of rotatable bonds is 4. The highest BCUT2D eigenvalue weighted by Gasteiger charge is 2.16. The number of Topliss-reactive ketones (excluding diaryl/α,β-unsaturated/α-hetero) is 1. The Morgan fingerprint density at radius 1 is 1.33 bits per heavy atom. The van der Waals surface area contributed by atoms with Crippen LogP contribution in [-0.2, 0) is 9.53 Å². The van der Waals surface area contributed by atoms with Crippen LogP contribution in [0.15, 0.2) is 24.3 Å². The van der Waals surface area contributed by atoms with E-state index >= 15 is 0 Å². The molecule has 0 radical (unpaired) electrons. The van der Waals surface area contributed by atoms with Crippen LogP contribution < -0.4 is 0 Å². The molecular weight excluding hydrogens is 212 g/mol. The average Bonchev–Trinajstić information content (AvgIpc) is 2.28. The fraction of sp³-hybridized carbons (Fsp3) is 0.182. The van der Waals surface area contributed by atoms with Gasteiger partial charge in [-0.1, -0.05) is 36.5 Å². The molecule has 1 rings (SSSR count). The van der Waals surface area contributed by atoms with Gasteiger partial charge in [-0.05, 0) is 12.5 Å². The molecule has 0 aromatic heterocycles. The van der Waals surface area contributed by atoms with Crippen molar-refractivity contribution in [3.05, 3.63) is 35.4 Å². The van der Waals surface area contributed by atoms with E-state index in [9.17, 15) is 9.59 Å². The van der Waals surface area contributed by atoms with Crippen LogP contribution in [0.3, 0.4) is 0 Å². The number of ketones is 1. The summed E-state index contributed by atoms with van der Waals surface area (Å²) in [6.07, 6.45) is 0. The van der Waals surface area contributed by atoms with Gasteiger partial charge in [-0.2, -0.15) is 0 Å². The van der Waals surface area contributed by atoms with Gasteiger partial charge in [0, 0.05) is 10.9 Å². The summed E-state index contributed by atoms with van der Waals surface area (Å²) < 4.78 is 4.60. The lowest BCUT2D eigenvalue weighted by molar-refractivity contribution is -0.137. The van der Waals surface area contributed by atoms with E-state index in [0.717, 1.165) is 5.56 Å². The highest BCUT2D eigenvalue weighted by molar-refractivity contribution is 7.79. The predicted molar refractivity (Wildman–Crippen MR) is 60.2 cm³/mol. The van der Waals surface area contributed by atoms with Gasteiger partial charge >= 0.3 is 5.97 Å². The second-order valence-electron chi connectivity index (χ2n) is 2.79. The largest absolute Gasteiger partial charge is 0.460 e. The molecule has 0 saturated carbocycles. The van der Waals surface area contributed by atoms with Crippen LogP contribution in [0.5, 0.6) is 0 Å². The maximum absolute atomic E-state index is 11.4. The zero-order valence-electron chi connectivity index (χ0n) is 8.23. The number of carbonyl (C=O) groups is 2. The Morgan fingerprint density at radius 2 is 1.93 bits per heavy atom. The SMILES string of the molecule is CCOC(=O)C(=O)c1ccc(C=S)cc1. The van der Waals surface area contributed by atoms with Gasteiger partial charge in [-0.3, -0.25) is 4.79 Å². The third-order valence-electron chi connectivity index (χ3n) is 1.77. The first-order valence-electron chi connectivity index (χ1n) is 4.45. The minimum absolute atomic E-state index is 0.197. The second-order valence-corrected chi connectivity index (χ2v) is 3.03. The summed E-state index contributed by atoms with van der Waals surface area (Å²) in [6.45, 7) is 1.85. The Kier molecular flexibility index (Phi) is 4.12. The third-order valence-corrected chi connectivity index (χ3v) is 2.04. The molecule has 4 heteroatoms. The Bertz CT molecular complexity index is 381. The number of carbonyl (C=O) groups excluding carboxylic acids is 2. The molecule has 78 valence electrons. The molecule has 0 fully saturated rings. The lowest BCUT2D eigenvalue weighted by Gasteiger charge is -2.00. The van der Waals surface area contributed by atoms with E-state index in [-0.39, 0.29) is 6.61 Å². The molecule has 0 N–H and O–H groups in total. The molecule has 0 saturated heterocycles. The van der Waals surface area contributed by atoms with Crippen molar-refractivity contribution in [1.82, 2.24) is 0 Å². The van der Waals surface area contributed by atoms with Crippen LogP contribution in [0, 0.1) is 0 Å². The summed E-state index contributed by atoms with van der Waals surface area (Å²) in [5, 5.41) is 1.50. The van der Waals surface area contributed by atoms with Gasteiger partial charge in [0.1, 0.15) is 0 Å². The average molecular weight is 222 g/mol. The number of hydrogen-bond donors (Lipinski definition) is 0. The van der Waals surface area contributed by atoms with Gasteiger partial charge in [0.25, 0.3) is 5.78 Å². The Morgan fingerprint density at radius 3 is 2.40 bits per heavy atom. The van der Waals surface area contributed by atoms with Gasteiger partial charge in [0.2, 0.25) is 0 Å². The molecular formula is C11H10O3S. The Hall–Kier alpha value is -1.55. The number of benzene rings is 1. The van der Waals surface area contributed by atoms with E-state index in [4.69, 9.17) is 12.2 Å². The number of ether oxygens (including phenoxy) is 1. The lowest BCUT2D eigenvalue weighted by Crippen LogP contribution is -2.17. The maximum atomic E-state index is 11.4. The quantitative estimate of drug-likeness (QED) is 0.337. The molecule has 0 bridgehead atoms. The first kappa shape index (κ1) is 11.5. The normalized spacial score (nSPS) is 9.40. The third kappa shape index (κ3) is 2.95. The van der Waals surface area contributed by atoms with E-state index in [2.05, 4.69) is 4.74 Å². The molecule has 0 amide bonds. The molecule has 15 heavy (non-hydrogen) atoms. The number of thiocarbonyl (C=S) groups is 1. The molecule has 0 atom stereocenters. The zero-order chi connectivity index (χ0) is 11.3. The van der Waals surface area contributed by atoms with Crippen molar-refractivity contribution in [1.29, 1.82) is 0 Å². The fourth-order valence-electron chi connectivity index (χ4n) is 1.03. The van der Waals surface area contributed by atoms with Crippen molar-refractivity contribution >= 4 is 29.3 Å². The minimum Gasteiger partial charge on any atom is -0.460 e. The predicted octanol–water partition coefficient (Wildman–Crippen LogP) is 1.78. The van der Waals surface area contributed by atoms with Crippen LogP contribution in [0.25, 0.3) is 0 Å². The van der Waals surface area contributed by atoms with Crippen molar-refractivity contribution < 1.29 is 14.3 Å². The second kappa shape index (κ2) is 5.36. The van der Waals surface area contributed by atoms with E-state index in [1.807, 2.05) is 0 Å². The van der Waals surface area contributed by atoms with Gasteiger partial charge < -0.3 is 4.74 Å². The van der Waals surface area contributed by atoms with Crippen LogP contribution >= 0.6 is 12.2 Å². The standard InChI is InChI=1S/C11H10O3S/c1-2-14-11(13)10(12)9-5-3-8(7-15)4-6-9/h3-7H,2H2,1H3. The van der Waals surface area contributed by atoms with Crippen LogP contribution in [0.1, 0.15) is 22.8 Å². The maximum Gasteiger partial charge on any atom is 0.379 e. The van der Waals surface area contributed by atoms with Crippen LogP contribution in [0.4, 0.5) is 0 Å². The molecule has 0 unspecified atom stereocenters. The fourth-order valence-corrected chi connectivity index (χ4v) is 1.18. The summed E-state index contributed by atoms with van der Waals surface area (Å²) in [5.74, 6) is -1.46. The van der Waals surface area contributed by atoms with Gasteiger partial charge in [-0.15, -0.1) is 0 Å². The zero-order valence-corrected chi connectivity index (χ0v) is 9.04. The molecule has 3 nitrogen and oxygen atoms in total. The van der Waals surface area contributed by atoms with Crippen molar-refractivity contribution in [3.63, 3.8) is 0 Å². The van der Waals surface area contributed by atoms with E-state index in [0.29, 0.717) is 5.56 Å². The van der Waals surface area contributed by atoms with Crippen molar-refractivity contribution in [3.8, 4) is 0 Å². The monoisotopic (exact) mass is 222 g/mol. The van der Waals surface area contributed by atoms with Gasteiger partial charge in [-0.25, -0.2) is 4.79 Å². The van der Waals surface area contributed by atoms with E-state index < -0.39 is 11.8 Å². The highest BCUT2D eigenvalue weighted by atomic mass is 32.1. The number of esters is 1. The lowest BCUT2D eigenvalue weighted by atomic mass is 10.1. The summed E-state index contributed by atoms with van der Waals surface area (Å²) in [7, 11) is 0. The summed E-state index contributed by atoms with van der Waals surface area (Å²) in [5.41, 5.74) is 1.14. The van der Waals surface area contributed by atoms with Crippen LogP contribution in [-0.4, -0.2) is 23.7 Å². The van der Waals surface area contributed by atoms with E-state index in [1.54, 1.807) is 31.2 Å². The summed E-state index contributed by atoms with van der Waals surface area (Å²) in [4.78, 5) is 22.5. The molecule has 0 spiro atoms. The Labute approximate surface area is 93.1 Å². The molecule has 1 aromatic rings. The molecule has 0 heterocycles. The van der Waals surface area contributed by atoms with Crippen molar-refractivity contribution in [2.24, 2.45) is 0 Å². The van der Waals surface area contributed by atoms with Gasteiger partial charge in [0.15, 0.2) is 0 Å².